The lowest BCUT2D eigenvalue weighted by molar-refractivity contribution is 0.134. The van der Waals surface area contributed by atoms with Crippen molar-refractivity contribution in [1.82, 2.24) is 0 Å². The minimum absolute atomic E-state index is 0.0181. The topological polar surface area (TPSA) is 35.2 Å². The van der Waals surface area contributed by atoms with Gasteiger partial charge in [-0.25, -0.2) is 0 Å². The predicted octanol–water partition coefficient (Wildman–Crippen LogP) is 3.72. The fraction of sp³-hybridized carbons (Fsp3) is 0.250. The molecule has 2 aromatic carbocycles. The molecule has 0 amide bonds. The SMILES string of the molecule is NC(Cc1ccccc1Br)c1ccc2c(c1)COC2. The number of benzene rings is 2. The van der Waals surface area contributed by atoms with E-state index in [-0.39, 0.29) is 6.04 Å². The number of halogens is 1. The molecule has 1 aliphatic rings. The summed E-state index contributed by atoms with van der Waals surface area (Å²) in [7, 11) is 0. The average molecular weight is 318 g/mol. The van der Waals surface area contributed by atoms with Crippen LogP contribution in [0, 0.1) is 0 Å². The van der Waals surface area contributed by atoms with Crippen molar-refractivity contribution < 1.29 is 4.74 Å². The lowest BCUT2D eigenvalue weighted by Crippen LogP contribution is -2.14. The van der Waals surface area contributed by atoms with E-state index in [0.29, 0.717) is 6.61 Å². The molecule has 0 spiro atoms. The molecule has 0 radical (unpaired) electrons. The Morgan fingerprint density at radius 3 is 2.74 bits per heavy atom. The molecule has 2 N–H and O–H groups in total. The summed E-state index contributed by atoms with van der Waals surface area (Å²) in [5.41, 5.74) is 11.3. The molecule has 0 aromatic heterocycles. The summed E-state index contributed by atoms with van der Waals surface area (Å²) >= 11 is 3.57. The Hall–Kier alpha value is -1.16. The molecule has 0 aliphatic carbocycles. The van der Waals surface area contributed by atoms with Crippen LogP contribution in [0.1, 0.15) is 28.3 Å². The molecule has 0 saturated carbocycles. The van der Waals surface area contributed by atoms with Gasteiger partial charge in [0, 0.05) is 10.5 Å². The third-order valence-corrected chi connectivity index (χ3v) is 4.34. The number of rotatable bonds is 3. The fourth-order valence-electron chi connectivity index (χ4n) is 2.44. The van der Waals surface area contributed by atoms with Gasteiger partial charge in [-0.3, -0.25) is 0 Å². The van der Waals surface area contributed by atoms with Crippen LogP contribution < -0.4 is 5.73 Å². The predicted molar refractivity (Wildman–Crippen MR) is 79.7 cm³/mol. The standard InChI is InChI=1S/C16H16BrNO/c17-15-4-2-1-3-11(15)8-16(18)12-5-6-13-9-19-10-14(13)7-12/h1-7,16H,8-10,18H2. The molecular weight excluding hydrogens is 302 g/mol. The number of fused-ring (bicyclic) bond motifs is 1. The van der Waals surface area contributed by atoms with Gasteiger partial charge in [-0.2, -0.15) is 0 Å². The second kappa shape index (κ2) is 5.45. The summed E-state index contributed by atoms with van der Waals surface area (Å²) in [5, 5.41) is 0. The van der Waals surface area contributed by atoms with Crippen LogP contribution in [0.2, 0.25) is 0 Å². The molecule has 0 saturated heterocycles. The monoisotopic (exact) mass is 317 g/mol. The molecule has 0 bridgehead atoms. The zero-order valence-corrected chi connectivity index (χ0v) is 12.2. The maximum Gasteiger partial charge on any atom is 0.0725 e. The number of nitrogens with two attached hydrogens (primary N) is 1. The Balaban J connectivity index is 1.81. The largest absolute Gasteiger partial charge is 0.372 e. The van der Waals surface area contributed by atoms with E-state index in [2.05, 4.69) is 46.3 Å². The normalized spacial score (nSPS) is 15.3. The van der Waals surface area contributed by atoms with Gasteiger partial charge in [0.2, 0.25) is 0 Å². The van der Waals surface area contributed by atoms with Crippen molar-refractivity contribution in [3.8, 4) is 0 Å². The summed E-state index contributed by atoms with van der Waals surface area (Å²) in [6.07, 6.45) is 0.834. The van der Waals surface area contributed by atoms with Gasteiger partial charge in [0.05, 0.1) is 13.2 Å². The Labute approximate surface area is 121 Å². The van der Waals surface area contributed by atoms with Gasteiger partial charge >= 0.3 is 0 Å². The first kappa shape index (κ1) is 12.9. The number of ether oxygens (including phenoxy) is 1. The third-order valence-electron chi connectivity index (χ3n) is 3.57. The maximum atomic E-state index is 6.33. The highest BCUT2D eigenvalue weighted by molar-refractivity contribution is 9.10. The minimum Gasteiger partial charge on any atom is -0.372 e. The first-order chi connectivity index (χ1) is 9.24. The molecule has 19 heavy (non-hydrogen) atoms. The molecule has 0 fully saturated rings. The van der Waals surface area contributed by atoms with Crippen LogP contribution in [0.25, 0.3) is 0 Å². The summed E-state index contributed by atoms with van der Waals surface area (Å²) in [6.45, 7) is 1.44. The first-order valence-electron chi connectivity index (χ1n) is 6.42. The van der Waals surface area contributed by atoms with Crippen LogP contribution in [0.4, 0.5) is 0 Å². The van der Waals surface area contributed by atoms with Gasteiger partial charge < -0.3 is 10.5 Å². The van der Waals surface area contributed by atoms with Gasteiger partial charge in [-0.05, 0) is 34.7 Å². The molecule has 1 atom stereocenters. The van der Waals surface area contributed by atoms with Gasteiger partial charge in [-0.15, -0.1) is 0 Å². The third kappa shape index (κ3) is 2.73. The van der Waals surface area contributed by atoms with Crippen LogP contribution in [0.15, 0.2) is 46.9 Å². The Morgan fingerprint density at radius 1 is 1.11 bits per heavy atom. The van der Waals surface area contributed by atoms with E-state index in [9.17, 15) is 0 Å². The second-order valence-electron chi connectivity index (χ2n) is 4.92. The highest BCUT2D eigenvalue weighted by Crippen LogP contribution is 2.26. The molecule has 2 aromatic rings. The lowest BCUT2D eigenvalue weighted by Gasteiger charge is -2.14. The Morgan fingerprint density at radius 2 is 1.89 bits per heavy atom. The summed E-state index contributed by atoms with van der Waals surface area (Å²) in [4.78, 5) is 0. The highest BCUT2D eigenvalue weighted by Gasteiger charge is 2.15. The van der Waals surface area contributed by atoms with E-state index in [4.69, 9.17) is 10.5 Å². The maximum absolute atomic E-state index is 6.33. The van der Waals surface area contributed by atoms with E-state index < -0.39 is 0 Å². The second-order valence-corrected chi connectivity index (χ2v) is 5.78. The molecule has 2 nitrogen and oxygen atoms in total. The molecule has 3 rings (SSSR count). The fourth-order valence-corrected chi connectivity index (χ4v) is 2.89. The van der Waals surface area contributed by atoms with Crippen LogP contribution >= 0.6 is 15.9 Å². The molecule has 3 heteroatoms. The van der Waals surface area contributed by atoms with Crippen molar-refractivity contribution in [2.24, 2.45) is 5.73 Å². The quantitative estimate of drug-likeness (QED) is 0.936. The smallest absolute Gasteiger partial charge is 0.0725 e. The molecule has 1 heterocycles. The van der Waals surface area contributed by atoms with Crippen LogP contribution in [0.5, 0.6) is 0 Å². The Kier molecular flexibility index (Phi) is 3.69. The Bertz CT molecular complexity index is 597. The molecule has 98 valence electrons. The summed E-state index contributed by atoms with van der Waals surface area (Å²) in [6, 6.07) is 14.7. The van der Waals surface area contributed by atoms with E-state index >= 15 is 0 Å². The molecule has 1 unspecified atom stereocenters. The number of hydrogen-bond donors (Lipinski definition) is 1. The zero-order valence-electron chi connectivity index (χ0n) is 10.6. The summed E-state index contributed by atoms with van der Waals surface area (Å²) in [5.74, 6) is 0. The highest BCUT2D eigenvalue weighted by atomic mass is 79.9. The van der Waals surface area contributed by atoms with Crippen LogP contribution in [0.3, 0.4) is 0 Å². The lowest BCUT2D eigenvalue weighted by atomic mass is 9.97. The van der Waals surface area contributed by atoms with Crippen molar-refractivity contribution in [2.45, 2.75) is 25.7 Å². The summed E-state index contributed by atoms with van der Waals surface area (Å²) < 4.78 is 6.56. The van der Waals surface area contributed by atoms with Crippen molar-refractivity contribution >= 4 is 15.9 Å². The van der Waals surface area contributed by atoms with E-state index in [1.165, 1.54) is 22.3 Å². The zero-order chi connectivity index (χ0) is 13.2. The van der Waals surface area contributed by atoms with Crippen LogP contribution in [-0.2, 0) is 24.4 Å². The minimum atomic E-state index is 0.0181. The van der Waals surface area contributed by atoms with Crippen molar-refractivity contribution in [3.05, 3.63) is 69.2 Å². The van der Waals surface area contributed by atoms with Crippen molar-refractivity contribution in [2.75, 3.05) is 0 Å². The van der Waals surface area contributed by atoms with Gasteiger partial charge in [0.25, 0.3) is 0 Å². The van der Waals surface area contributed by atoms with Gasteiger partial charge in [-0.1, -0.05) is 52.3 Å². The van der Waals surface area contributed by atoms with Gasteiger partial charge in [0.15, 0.2) is 0 Å². The van der Waals surface area contributed by atoms with E-state index in [1.54, 1.807) is 0 Å². The molecule has 1 aliphatic heterocycles. The first-order valence-corrected chi connectivity index (χ1v) is 7.22. The van der Waals surface area contributed by atoms with E-state index in [0.717, 1.165) is 17.5 Å². The average Bonchev–Trinajstić information content (AvgIpc) is 2.88. The number of hydrogen-bond acceptors (Lipinski definition) is 2. The van der Waals surface area contributed by atoms with Crippen molar-refractivity contribution in [1.29, 1.82) is 0 Å². The van der Waals surface area contributed by atoms with Gasteiger partial charge in [0.1, 0.15) is 0 Å². The van der Waals surface area contributed by atoms with E-state index in [1.807, 2.05) is 12.1 Å². The van der Waals surface area contributed by atoms with Crippen LogP contribution in [-0.4, -0.2) is 0 Å². The molecular formula is C16H16BrNO. The van der Waals surface area contributed by atoms with Crippen molar-refractivity contribution in [3.63, 3.8) is 0 Å².